The van der Waals surface area contributed by atoms with Crippen LogP contribution in [0.15, 0.2) is 133 Å². The number of benzene rings is 5. The summed E-state index contributed by atoms with van der Waals surface area (Å²) >= 11 is 0. The summed E-state index contributed by atoms with van der Waals surface area (Å²) in [5.41, 5.74) is 5.59. The standard InChI is InChI=1S/C34H28N2O4/c37-33(23-39-31-19-11-27(12-20-31)25-7-3-1-4-8-25)35-29-15-17-30(18-16-29)36-34(38)24-40-32-21-13-28(14-22-32)26-9-5-2-6-10-26/h1-22H,23-24H2,(H,35,37)(H,36,38). The second-order valence-electron chi connectivity index (χ2n) is 9.03. The lowest BCUT2D eigenvalue weighted by atomic mass is 10.1. The van der Waals surface area contributed by atoms with Gasteiger partial charge < -0.3 is 20.1 Å². The maximum absolute atomic E-state index is 12.3. The largest absolute Gasteiger partial charge is 0.484 e. The van der Waals surface area contributed by atoms with Gasteiger partial charge >= 0.3 is 0 Å². The molecule has 5 rings (SSSR count). The third-order valence-electron chi connectivity index (χ3n) is 6.12. The van der Waals surface area contributed by atoms with E-state index in [-0.39, 0.29) is 25.0 Å². The van der Waals surface area contributed by atoms with E-state index < -0.39 is 0 Å². The van der Waals surface area contributed by atoms with Gasteiger partial charge in [0.15, 0.2) is 13.2 Å². The molecular formula is C34H28N2O4. The predicted octanol–water partition coefficient (Wildman–Crippen LogP) is 7.06. The fourth-order valence-electron chi connectivity index (χ4n) is 4.08. The zero-order valence-corrected chi connectivity index (χ0v) is 21.7. The van der Waals surface area contributed by atoms with Gasteiger partial charge in [-0.1, -0.05) is 84.9 Å². The maximum Gasteiger partial charge on any atom is 0.262 e. The number of amides is 2. The van der Waals surface area contributed by atoms with E-state index in [9.17, 15) is 9.59 Å². The molecule has 2 N–H and O–H groups in total. The molecule has 0 aliphatic heterocycles. The molecule has 0 bridgehead atoms. The first kappa shape index (κ1) is 26.3. The Balaban J connectivity index is 1.04. The number of anilines is 2. The van der Waals surface area contributed by atoms with E-state index in [4.69, 9.17) is 9.47 Å². The molecule has 5 aromatic carbocycles. The Hall–Kier alpha value is -5.36. The molecule has 6 heteroatoms. The molecule has 0 saturated carbocycles. The minimum Gasteiger partial charge on any atom is -0.484 e. The average Bonchev–Trinajstić information content (AvgIpc) is 3.01. The highest BCUT2D eigenvalue weighted by molar-refractivity contribution is 5.94. The first-order chi connectivity index (χ1) is 19.6. The van der Waals surface area contributed by atoms with Gasteiger partial charge in [0.1, 0.15) is 11.5 Å². The number of rotatable bonds is 10. The molecule has 0 atom stereocenters. The van der Waals surface area contributed by atoms with Crippen LogP contribution in [-0.2, 0) is 9.59 Å². The number of carbonyl (C=O) groups excluding carboxylic acids is 2. The Bertz CT molecular complexity index is 1410. The molecule has 0 aromatic heterocycles. The molecule has 0 aliphatic rings. The van der Waals surface area contributed by atoms with E-state index in [1.165, 1.54) is 0 Å². The third-order valence-corrected chi connectivity index (χ3v) is 6.12. The average molecular weight is 529 g/mol. The summed E-state index contributed by atoms with van der Waals surface area (Å²) in [6, 6.07) is 42.2. The summed E-state index contributed by atoms with van der Waals surface area (Å²) in [6.07, 6.45) is 0. The van der Waals surface area contributed by atoms with Crippen molar-refractivity contribution in [1.29, 1.82) is 0 Å². The SMILES string of the molecule is O=C(COc1ccc(-c2ccccc2)cc1)Nc1ccc(NC(=O)COc2ccc(-c3ccccc3)cc2)cc1. The summed E-state index contributed by atoms with van der Waals surface area (Å²) < 4.78 is 11.2. The van der Waals surface area contributed by atoms with E-state index in [0.29, 0.717) is 22.9 Å². The maximum atomic E-state index is 12.3. The highest BCUT2D eigenvalue weighted by Crippen LogP contribution is 2.23. The first-order valence-corrected chi connectivity index (χ1v) is 12.9. The van der Waals surface area contributed by atoms with Crippen LogP contribution >= 0.6 is 0 Å². The van der Waals surface area contributed by atoms with Crippen LogP contribution < -0.4 is 20.1 Å². The van der Waals surface area contributed by atoms with Crippen molar-refractivity contribution in [2.45, 2.75) is 0 Å². The van der Waals surface area contributed by atoms with Gasteiger partial charge in [0, 0.05) is 11.4 Å². The Morgan fingerprint density at radius 1 is 0.425 bits per heavy atom. The lowest BCUT2D eigenvalue weighted by Gasteiger charge is -2.10. The fraction of sp³-hybridized carbons (Fsp3) is 0.0588. The molecule has 0 heterocycles. The van der Waals surface area contributed by atoms with Crippen LogP contribution in [0.1, 0.15) is 0 Å². The van der Waals surface area contributed by atoms with E-state index in [2.05, 4.69) is 10.6 Å². The summed E-state index contributed by atoms with van der Waals surface area (Å²) in [4.78, 5) is 24.7. The molecule has 0 fully saturated rings. The van der Waals surface area contributed by atoms with Crippen molar-refractivity contribution in [3.8, 4) is 33.8 Å². The van der Waals surface area contributed by atoms with Gasteiger partial charge in [-0.25, -0.2) is 0 Å². The number of hydrogen-bond donors (Lipinski definition) is 2. The summed E-state index contributed by atoms with van der Waals surface area (Å²) in [6.45, 7) is -0.236. The fourth-order valence-corrected chi connectivity index (χ4v) is 4.08. The molecule has 0 saturated heterocycles. The zero-order valence-electron chi connectivity index (χ0n) is 21.7. The van der Waals surface area contributed by atoms with Gasteiger partial charge in [0.25, 0.3) is 11.8 Å². The first-order valence-electron chi connectivity index (χ1n) is 12.9. The molecule has 6 nitrogen and oxygen atoms in total. The van der Waals surface area contributed by atoms with Gasteiger partial charge in [0.2, 0.25) is 0 Å². The Morgan fingerprint density at radius 3 is 1.10 bits per heavy atom. The summed E-state index contributed by atoms with van der Waals surface area (Å²) in [7, 11) is 0. The van der Waals surface area contributed by atoms with Gasteiger partial charge in [-0.05, 0) is 70.8 Å². The third kappa shape index (κ3) is 7.36. The Morgan fingerprint density at radius 2 is 0.750 bits per heavy atom. The van der Waals surface area contributed by atoms with Crippen molar-refractivity contribution >= 4 is 23.2 Å². The van der Waals surface area contributed by atoms with Gasteiger partial charge in [-0.2, -0.15) is 0 Å². The van der Waals surface area contributed by atoms with E-state index >= 15 is 0 Å². The van der Waals surface area contributed by atoms with Crippen molar-refractivity contribution in [2.24, 2.45) is 0 Å². The molecule has 0 aliphatic carbocycles. The molecule has 0 spiro atoms. The summed E-state index contributed by atoms with van der Waals surface area (Å²) in [5, 5.41) is 5.58. The van der Waals surface area contributed by atoms with E-state index in [0.717, 1.165) is 22.3 Å². The van der Waals surface area contributed by atoms with Crippen LogP contribution in [0.4, 0.5) is 11.4 Å². The lowest BCUT2D eigenvalue weighted by Crippen LogP contribution is -2.21. The highest BCUT2D eigenvalue weighted by Gasteiger charge is 2.07. The highest BCUT2D eigenvalue weighted by atomic mass is 16.5. The van der Waals surface area contributed by atoms with Crippen LogP contribution in [0.5, 0.6) is 11.5 Å². The second-order valence-corrected chi connectivity index (χ2v) is 9.03. The van der Waals surface area contributed by atoms with Gasteiger partial charge in [-0.3, -0.25) is 9.59 Å². The van der Waals surface area contributed by atoms with Crippen molar-refractivity contribution in [3.05, 3.63) is 133 Å². The number of nitrogens with one attached hydrogen (secondary N) is 2. The van der Waals surface area contributed by atoms with Crippen molar-refractivity contribution in [2.75, 3.05) is 23.8 Å². The van der Waals surface area contributed by atoms with Crippen LogP contribution in [0, 0.1) is 0 Å². The van der Waals surface area contributed by atoms with Crippen molar-refractivity contribution in [3.63, 3.8) is 0 Å². The Labute approximate surface area is 233 Å². The molecule has 198 valence electrons. The number of hydrogen-bond acceptors (Lipinski definition) is 4. The monoisotopic (exact) mass is 528 g/mol. The lowest BCUT2D eigenvalue weighted by molar-refractivity contribution is -0.118. The quantitative estimate of drug-likeness (QED) is 0.204. The summed E-state index contributed by atoms with van der Waals surface area (Å²) in [5.74, 6) is 0.663. The normalized spacial score (nSPS) is 10.4. The van der Waals surface area contributed by atoms with Crippen LogP contribution in [0.25, 0.3) is 22.3 Å². The predicted molar refractivity (Wildman–Crippen MR) is 158 cm³/mol. The minimum absolute atomic E-state index is 0.118. The van der Waals surface area contributed by atoms with Gasteiger partial charge in [0.05, 0.1) is 0 Å². The van der Waals surface area contributed by atoms with E-state index in [1.54, 1.807) is 24.3 Å². The molecular weight excluding hydrogens is 500 g/mol. The van der Waals surface area contributed by atoms with Crippen LogP contribution in [-0.4, -0.2) is 25.0 Å². The van der Waals surface area contributed by atoms with Gasteiger partial charge in [-0.15, -0.1) is 0 Å². The van der Waals surface area contributed by atoms with Crippen LogP contribution in [0.3, 0.4) is 0 Å². The zero-order chi connectivity index (χ0) is 27.6. The second kappa shape index (κ2) is 12.9. The van der Waals surface area contributed by atoms with E-state index in [1.807, 2.05) is 109 Å². The van der Waals surface area contributed by atoms with Crippen molar-refractivity contribution < 1.29 is 19.1 Å². The minimum atomic E-state index is -0.282. The smallest absolute Gasteiger partial charge is 0.262 e. The molecule has 2 amide bonds. The Kier molecular flexibility index (Phi) is 8.49. The number of carbonyl (C=O) groups is 2. The molecule has 0 unspecified atom stereocenters. The topological polar surface area (TPSA) is 76.7 Å². The molecule has 40 heavy (non-hydrogen) atoms. The molecule has 0 radical (unpaired) electrons. The van der Waals surface area contributed by atoms with Crippen molar-refractivity contribution in [1.82, 2.24) is 0 Å². The van der Waals surface area contributed by atoms with Crippen LogP contribution in [0.2, 0.25) is 0 Å². The number of ether oxygens (including phenoxy) is 2. The molecule has 5 aromatic rings.